The highest BCUT2D eigenvalue weighted by Gasteiger charge is 2.50. The summed E-state index contributed by atoms with van der Waals surface area (Å²) in [6, 6.07) is 7.70. The summed E-state index contributed by atoms with van der Waals surface area (Å²) in [6.45, 7) is 4.77. The van der Waals surface area contributed by atoms with Crippen LogP contribution in [0.1, 0.15) is 19.4 Å². The first-order valence-electron chi connectivity index (χ1n) is 14.7. The zero-order valence-electron chi connectivity index (χ0n) is 25.1. The van der Waals surface area contributed by atoms with Gasteiger partial charge in [0.15, 0.2) is 18.0 Å². The summed E-state index contributed by atoms with van der Waals surface area (Å²) in [4.78, 5) is 26.5. The van der Waals surface area contributed by atoms with Crippen LogP contribution in [0.5, 0.6) is 11.5 Å². The van der Waals surface area contributed by atoms with Crippen molar-refractivity contribution in [3.05, 3.63) is 56.7 Å². The van der Waals surface area contributed by atoms with Crippen LogP contribution in [0.3, 0.4) is 0 Å². The Balaban J connectivity index is 1.38. The number of hydrogen-bond donors (Lipinski definition) is 5. The monoisotopic (exact) mass is 640 g/mol. The third-order valence-corrected chi connectivity index (χ3v) is 9.03. The molecule has 2 aliphatic heterocycles. The molecule has 4 heterocycles. The molecule has 0 spiro atoms. The van der Waals surface area contributed by atoms with Crippen LogP contribution in [-0.4, -0.2) is 94.1 Å². The number of hydrogen-bond acceptors (Lipinski definition) is 14. The zero-order chi connectivity index (χ0) is 32.8. The highest BCUT2D eigenvalue weighted by molar-refractivity contribution is 6.28. The van der Waals surface area contributed by atoms with Crippen LogP contribution >= 0.6 is 0 Å². The van der Waals surface area contributed by atoms with Crippen molar-refractivity contribution >= 4 is 43.5 Å². The average molecular weight is 641 g/mol. The number of aromatic hydroxyl groups is 1. The molecule has 244 valence electrons. The third kappa shape index (κ3) is 4.48. The largest absolute Gasteiger partial charge is 0.506 e. The molecular formula is C32H32O14. The number of phenolic OH excluding ortho intramolecular Hbond substituents is 1. The molecule has 5 aromatic rings. The number of aliphatic hydroxyl groups excluding tert-OH is 4. The fraction of sp³-hybridized carbons (Fsp3) is 0.438. The van der Waals surface area contributed by atoms with Gasteiger partial charge in [-0.3, -0.25) is 0 Å². The van der Waals surface area contributed by atoms with E-state index in [-0.39, 0.29) is 43.8 Å². The van der Waals surface area contributed by atoms with Crippen molar-refractivity contribution in [3.63, 3.8) is 0 Å². The van der Waals surface area contributed by atoms with Gasteiger partial charge in [-0.1, -0.05) is 18.2 Å². The predicted octanol–water partition coefficient (Wildman–Crippen LogP) is 1.37. The van der Waals surface area contributed by atoms with Gasteiger partial charge in [-0.05, 0) is 38.5 Å². The van der Waals surface area contributed by atoms with Crippen LogP contribution in [0.15, 0.2) is 48.8 Å². The van der Waals surface area contributed by atoms with E-state index in [9.17, 15) is 35.1 Å². The predicted molar refractivity (Wildman–Crippen MR) is 160 cm³/mol. The van der Waals surface area contributed by atoms with Crippen LogP contribution in [0, 0.1) is 6.92 Å². The van der Waals surface area contributed by atoms with Gasteiger partial charge >= 0.3 is 11.3 Å². The maximum absolute atomic E-state index is 13.4. The molecule has 2 fully saturated rings. The average Bonchev–Trinajstić information content (AvgIpc) is 3.02. The Labute approximate surface area is 259 Å². The van der Waals surface area contributed by atoms with Crippen molar-refractivity contribution in [1.82, 2.24) is 0 Å². The molecule has 0 saturated carbocycles. The lowest BCUT2D eigenvalue weighted by Crippen LogP contribution is -2.64. The van der Waals surface area contributed by atoms with E-state index in [0.717, 1.165) is 0 Å². The van der Waals surface area contributed by atoms with E-state index >= 15 is 0 Å². The maximum Gasteiger partial charge on any atom is 0.348 e. The van der Waals surface area contributed by atoms with Gasteiger partial charge in [-0.2, -0.15) is 0 Å². The molecule has 14 heteroatoms. The van der Waals surface area contributed by atoms with E-state index < -0.39 is 78.4 Å². The fourth-order valence-electron chi connectivity index (χ4n) is 6.58. The Bertz CT molecular complexity index is 2070. The van der Waals surface area contributed by atoms with Gasteiger partial charge in [0, 0.05) is 23.3 Å². The highest BCUT2D eigenvalue weighted by atomic mass is 16.8. The minimum Gasteiger partial charge on any atom is -0.506 e. The van der Waals surface area contributed by atoms with Crippen molar-refractivity contribution in [2.75, 3.05) is 7.11 Å². The minimum atomic E-state index is -1.60. The second kappa shape index (κ2) is 11.1. The Morgan fingerprint density at radius 2 is 1.41 bits per heavy atom. The number of fused-ring (bicyclic) bond motifs is 2. The number of ether oxygens (including phenoxy) is 5. The van der Waals surface area contributed by atoms with E-state index in [0.29, 0.717) is 10.9 Å². The van der Waals surface area contributed by atoms with E-state index in [4.69, 9.17) is 32.5 Å². The van der Waals surface area contributed by atoms with Crippen molar-refractivity contribution in [1.29, 1.82) is 0 Å². The van der Waals surface area contributed by atoms with Crippen LogP contribution in [0.25, 0.3) is 43.5 Å². The first-order valence-corrected chi connectivity index (χ1v) is 14.7. The first-order chi connectivity index (χ1) is 21.9. The summed E-state index contributed by atoms with van der Waals surface area (Å²) in [5.74, 6) is -0.425. The summed E-state index contributed by atoms with van der Waals surface area (Å²) in [5.41, 5.74) is -0.899. The normalized spacial score (nSPS) is 32.2. The fourth-order valence-corrected chi connectivity index (χ4v) is 6.58. The lowest BCUT2D eigenvalue weighted by atomic mass is 9.95. The van der Waals surface area contributed by atoms with Gasteiger partial charge in [0.25, 0.3) is 0 Å². The Morgan fingerprint density at radius 1 is 0.717 bits per heavy atom. The van der Waals surface area contributed by atoms with Crippen LogP contribution < -0.4 is 16.0 Å². The van der Waals surface area contributed by atoms with Crippen LogP contribution in [0.4, 0.5) is 0 Å². The van der Waals surface area contributed by atoms with Crippen molar-refractivity contribution in [2.24, 2.45) is 0 Å². The SMILES string of the molecule is CO[C@H]1[C@@H](O)[C@@H](C)O[C@H](O[C@H]2[C@@H](Oc3cccc4c(O)c5c(=O)oc6ccc(C)c7c(=O)oc(c34)c5c67)O[C@H](C)[C@H](O)[C@@H]2O)[C@@H]1O. The quantitative estimate of drug-likeness (QED) is 0.104. The van der Waals surface area contributed by atoms with Crippen LogP contribution in [-0.2, 0) is 18.9 Å². The summed E-state index contributed by atoms with van der Waals surface area (Å²) in [6.07, 6.45) is -13.0. The zero-order valence-corrected chi connectivity index (χ0v) is 25.1. The van der Waals surface area contributed by atoms with Gasteiger partial charge < -0.3 is 58.1 Å². The molecule has 0 bridgehead atoms. The van der Waals surface area contributed by atoms with E-state index in [1.54, 1.807) is 26.0 Å². The topological polar surface area (TPSA) is 208 Å². The molecule has 14 nitrogen and oxygen atoms in total. The molecule has 2 aromatic heterocycles. The second-order valence-electron chi connectivity index (χ2n) is 11.8. The molecule has 2 aliphatic rings. The smallest absolute Gasteiger partial charge is 0.348 e. The first kappa shape index (κ1) is 30.8. The third-order valence-electron chi connectivity index (χ3n) is 9.03. The number of aryl methyl sites for hydroxylation is 1. The van der Waals surface area contributed by atoms with Gasteiger partial charge in [-0.15, -0.1) is 0 Å². The van der Waals surface area contributed by atoms with Gasteiger partial charge in [0.1, 0.15) is 53.0 Å². The van der Waals surface area contributed by atoms with Gasteiger partial charge in [-0.25, -0.2) is 9.59 Å². The number of benzene rings is 3. The summed E-state index contributed by atoms with van der Waals surface area (Å²) in [5, 5.41) is 55.1. The van der Waals surface area contributed by atoms with Crippen molar-refractivity contribution < 1.29 is 58.1 Å². The summed E-state index contributed by atoms with van der Waals surface area (Å²) >= 11 is 0. The second-order valence-corrected chi connectivity index (χ2v) is 11.8. The number of phenols is 1. The minimum absolute atomic E-state index is 0.00746. The summed E-state index contributed by atoms with van der Waals surface area (Å²) in [7, 11) is 1.30. The van der Waals surface area contributed by atoms with E-state index in [1.165, 1.54) is 32.2 Å². The maximum atomic E-state index is 13.4. The Hall–Kier alpha value is -3.86. The molecule has 0 amide bonds. The number of aliphatic hydroxyl groups is 4. The van der Waals surface area contributed by atoms with Crippen molar-refractivity contribution in [3.8, 4) is 11.5 Å². The number of methoxy groups -OCH3 is 1. The molecule has 7 rings (SSSR count). The molecule has 10 atom stereocenters. The lowest BCUT2D eigenvalue weighted by Gasteiger charge is -2.46. The highest BCUT2D eigenvalue weighted by Crippen LogP contribution is 2.45. The lowest BCUT2D eigenvalue weighted by molar-refractivity contribution is -0.353. The molecule has 0 aliphatic carbocycles. The molecule has 5 N–H and O–H groups in total. The van der Waals surface area contributed by atoms with E-state index in [1.807, 2.05) is 0 Å². The van der Waals surface area contributed by atoms with Crippen LogP contribution in [0.2, 0.25) is 0 Å². The molecule has 3 aromatic carbocycles. The van der Waals surface area contributed by atoms with Gasteiger partial charge in [0.05, 0.1) is 23.0 Å². The molecule has 2 saturated heterocycles. The van der Waals surface area contributed by atoms with E-state index in [2.05, 4.69) is 0 Å². The number of rotatable bonds is 5. The molecule has 46 heavy (non-hydrogen) atoms. The molecule has 0 radical (unpaired) electrons. The van der Waals surface area contributed by atoms with Crippen molar-refractivity contribution in [2.45, 2.75) is 82.2 Å². The molecular weight excluding hydrogens is 608 g/mol. The Kier molecular flexibility index (Phi) is 7.45. The molecule has 0 unspecified atom stereocenters. The summed E-state index contributed by atoms with van der Waals surface area (Å²) < 4.78 is 40.4. The Morgan fingerprint density at radius 3 is 2.15 bits per heavy atom. The van der Waals surface area contributed by atoms with Gasteiger partial charge in [0.2, 0.25) is 6.29 Å². The standard InChI is InChI=1S/C32H32O14/c1-10-8-9-15-18-16(10)29(38)45-26-17-13(23(35)20(19(18)26)30(39)43-15)6-5-7-14(17)44-32-28(24(36)21(33)11(2)42-32)46-31-25(37)27(40-4)22(34)12(3)41-31/h5-9,11-12,21-22,24-25,27-28,31-37H,1-4H3/t11-,12-,21+,22+,24+,25-,27+,28-,31-,32-/m1/s1.